The predicted octanol–water partition coefficient (Wildman–Crippen LogP) is 2.30. The summed E-state index contributed by atoms with van der Waals surface area (Å²) in [6.45, 7) is 2.65. The van der Waals surface area contributed by atoms with Crippen LogP contribution < -0.4 is 0 Å². The molecular weight excluding hydrogens is 252 g/mol. The van der Waals surface area contributed by atoms with Crippen molar-refractivity contribution in [2.24, 2.45) is 0 Å². The molecule has 5 nitrogen and oxygen atoms in total. The number of likely N-dealkylation sites (tertiary alicyclic amines) is 1. The number of hydrogen-bond donors (Lipinski definition) is 1. The third-order valence-electron chi connectivity index (χ3n) is 3.18. The maximum absolute atomic E-state index is 12.0. The summed E-state index contributed by atoms with van der Waals surface area (Å²) in [4.78, 5) is 28.6. The first-order chi connectivity index (χ1) is 8.59. The Bertz CT molecular complexity index is 458. The molecule has 1 aliphatic rings. The molecule has 0 spiro atoms. The predicted molar refractivity (Wildman–Crippen MR) is 67.7 cm³/mol. The molecule has 1 saturated heterocycles. The van der Waals surface area contributed by atoms with Crippen LogP contribution in [-0.2, 0) is 4.79 Å². The van der Waals surface area contributed by atoms with Crippen LogP contribution in [0.3, 0.4) is 0 Å². The lowest BCUT2D eigenvalue weighted by Crippen LogP contribution is -2.32. The highest BCUT2D eigenvalue weighted by Crippen LogP contribution is 2.26. The van der Waals surface area contributed by atoms with Gasteiger partial charge in [0.2, 0.25) is 5.91 Å². The SMILES string of the molecule is CC(c1nc(C(=O)O)cs1)N1CCCCCC1=O. The minimum absolute atomic E-state index is 0.0594. The van der Waals surface area contributed by atoms with Gasteiger partial charge in [0.05, 0.1) is 6.04 Å². The molecule has 0 saturated carbocycles. The molecule has 1 aromatic heterocycles. The Labute approximate surface area is 109 Å². The lowest BCUT2D eigenvalue weighted by molar-refractivity contribution is -0.132. The monoisotopic (exact) mass is 268 g/mol. The Morgan fingerprint density at radius 3 is 2.94 bits per heavy atom. The van der Waals surface area contributed by atoms with Crippen molar-refractivity contribution >= 4 is 23.2 Å². The smallest absolute Gasteiger partial charge is 0.355 e. The van der Waals surface area contributed by atoms with Gasteiger partial charge in [-0.15, -0.1) is 11.3 Å². The second-order valence-electron chi connectivity index (χ2n) is 4.45. The minimum atomic E-state index is -1.02. The highest BCUT2D eigenvalue weighted by molar-refractivity contribution is 7.09. The van der Waals surface area contributed by atoms with E-state index in [0.29, 0.717) is 11.4 Å². The zero-order chi connectivity index (χ0) is 13.1. The Hall–Kier alpha value is -1.43. The molecular formula is C12H16N2O3S. The molecule has 0 radical (unpaired) electrons. The maximum atomic E-state index is 12.0. The van der Waals surface area contributed by atoms with Gasteiger partial charge in [-0.25, -0.2) is 9.78 Å². The Morgan fingerprint density at radius 1 is 1.50 bits per heavy atom. The summed E-state index contributed by atoms with van der Waals surface area (Å²) < 4.78 is 0. The van der Waals surface area contributed by atoms with Gasteiger partial charge < -0.3 is 10.0 Å². The van der Waals surface area contributed by atoms with Crippen LogP contribution in [0.4, 0.5) is 0 Å². The first-order valence-corrected chi connectivity index (χ1v) is 6.95. The van der Waals surface area contributed by atoms with Crippen molar-refractivity contribution in [3.05, 3.63) is 16.1 Å². The molecule has 1 atom stereocenters. The van der Waals surface area contributed by atoms with E-state index in [2.05, 4.69) is 4.98 Å². The van der Waals surface area contributed by atoms with Crippen molar-refractivity contribution in [1.29, 1.82) is 0 Å². The van der Waals surface area contributed by atoms with E-state index < -0.39 is 5.97 Å². The van der Waals surface area contributed by atoms with Crippen molar-refractivity contribution in [3.63, 3.8) is 0 Å². The summed E-state index contributed by atoms with van der Waals surface area (Å²) in [6.07, 6.45) is 3.61. The molecule has 1 aromatic rings. The average Bonchev–Trinajstić information content (AvgIpc) is 2.73. The summed E-state index contributed by atoms with van der Waals surface area (Å²) in [5, 5.41) is 11.1. The Morgan fingerprint density at radius 2 is 2.28 bits per heavy atom. The zero-order valence-electron chi connectivity index (χ0n) is 10.3. The van der Waals surface area contributed by atoms with E-state index in [1.54, 1.807) is 0 Å². The van der Waals surface area contributed by atoms with Gasteiger partial charge in [0.1, 0.15) is 5.01 Å². The van der Waals surface area contributed by atoms with E-state index in [0.717, 1.165) is 25.8 Å². The van der Waals surface area contributed by atoms with Crippen molar-refractivity contribution < 1.29 is 14.7 Å². The summed E-state index contributed by atoms with van der Waals surface area (Å²) in [6, 6.07) is -0.131. The molecule has 0 bridgehead atoms. The molecule has 18 heavy (non-hydrogen) atoms. The van der Waals surface area contributed by atoms with Crippen LogP contribution in [0.5, 0.6) is 0 Å². The molecule has 1 unspecified atom stereocenters. The number of carboxylic acid groups (broad SMARTS) is 1. The molecule has 1 N–H and O–H groups in total. The van der Waals surface area contributed by atoms with Crippen LogP contribution in [0.1, 0.15) is 54.1 Å². The Balaban J connectivity index is 2.15. The normalized spacial score (nSPS) is 18.5. The summed E-state index contributed by atoms with van der Waals surface area (Å²) in [7, 11) is 0. The van der Waals surface area contributed by atoms with Crippen molar-refractivity contribution in [1.82, 2.24) is 9.88 Å². The van der Waals surface area contributed by atoms with Crippen molar-refractivity contribution in [3.8, 4) is 0 Å². The highest BCUT2D eigenvalue weighted by atomic mass is 32.1. The number of aromatic nitrogens is 1. The summed E-state index contributed by atoms with van der Waals surface area (Å²) in [5.41, 5.74) is 0.0594. The van der Waals surface area contributed by atoms with Gasteiger partial charge in [0.25, 0.3) is 0 Å². The number of aromatic carboxylic acids is 1. The van der Waals surface area contributed by atoms with E-state index in [-0.39, 0.29) is 17.6 Å². The first-order valence-electron chi connectivity index (χ1n) is 6.08. The number of hydrogen-bond acceptors (Lipinski definition) is 4. The third kappa shape index (κ3) is 2.69. The first kappa shape index (κ1) is 13.0. The van der Waals surface area contributed by atoms with Crippen LogP contribution >= 0.6 is 11.3 Å². The number of amides is 1. The van der Waals surface area contributed by atoms with Crippen molar-refractivity contribution in [2.75, 3.05) is 6.54 Å². The van der Waals surface area contributed by atoms with E-state index in [4.69, 9.17) is 5.11 Å². The largest absolute Gasteiger partial charge is 0.476 e. The molecule has 1 amide bonds. The lowest BCUT2D eigenvalue weighted by Gasteiger charge is -2.26. The highest BCUT2D eigenvalue weighted by Gasteiger charge is 2.25. The lowest BCUT2D eigenvalue weighted by atomic mass is 10.2. The number of carbonyl (C=O) groups excluding carboxylic acids is 1. The van der Waals surface area contributed by atoms with Gasteiger partial charge in [0.15, 0.2) is 5.69 Å². The standard InChI is InChI=1S/C12H16N2O3S/c1-8(11-13-9(7-18-11)12(16)17)14-6-4-2-3-5-10(14)15/h7-8H,2-6H2,1H3,(H,16,17). The van der Waals surface area contributed by atoms with Gasteiger partial charge in [0, 0.05) is 18.3 Å². The fraction of sp³-hybridized carbons (Fsp3) is 0.583. The van der Waals surface area contributed by atoms with Gasteiger partial charge in [-0.1, -0.05) is 6.42 Å². The molecule has 1 aliphatic heterocycles. The van der Waals surface area contributed by atoms with Gasteiger partial charge in [-0.2, -0.15) is 0 Å². The van der Waals surface area contributed by atoms with E-state index in [9.17, 15) is 9.59 Å². The maximum Gasteiger partial charge on any atom is 0.355 e. The van der Waals surface area contributed by atoms with Crippen LogP contribution in [-0.4, -0.2) is 33.4 Å². The number of carbonyl (C=O) groups is 2. The van der Waals surface area contributed by atoms with E-state index in [1.807, 2.05) is 11.8 Å². The topological polar surface area (TPSA) is 70.5 Å². The second-order valence-corrected chi connectivity index (χ2v) is 5.34. The van der Waals surface area contributed by atoms with E-state index >= 15 is 0 Å². The molecule has 2 rings (SSSR count). The second kappa shape index (κ2) is 5.48. The molecule has 0 aliphatic carbocycles. The minimum Gasteiger partial charge on any atom is -0.476 e. The fourth-order valence-corrected chi connectivity index (χ4v) is 2.99. The van der Waals surface area contributed by atoms with Crippen molar-refractivity contribution in [2.45, 2.75) is 38.6 Å². The number of rotatable bonds is 3. The quantitative estimate of drug-likeness (QED) is 0.913. The van der Waals surface area contributed by atoms with Gasteiger partial charge in [-0.05, 0) is 19.8 Å². The molecule has 6 heteroatoms. The molecule has 98 valence electrons. The summed E-state index contributed by atoms with van der Waals surface area (Å²) in [5.74, 6) is -0.876. The average molecular weight is 268 g/mol. The zero-order valence-corrected chi connectivity index (χ0v) is 11.1. The molecule has 1 fully saturated rings. The Kier molecular flexibility index (Phi) is 3.96. The molecule has 0 aromatic carbocycles. The number of thiazole rings is 1. The fourth-order valence-electron chi connectivity index (χ4n) is 2.12. The number of carboxylic acids is 1. The van der Waals surface area contributed by atoms with Gasteiger partial charge in [-0.3, -0.25) is 4.79 Å². The van der Waals surface area contributed by atoms with Crippen LogP contribution in [0.25, 0.3) is 0 Å². The van der Waals surface area contributed by atoms with Crippen LogP contribution in [0.2, 0.25) is 0 Å². The van der Waals surface area contributed by atoms with Crippen LogP contribution in [0, 0.1) is 0 Å². The third-order valence-corrected chi connectivity index (χ3v) is 4.19. The summed E-state index contributed by atoms with van der Waals surface area (Å²) >= 11 is 1.30. The van der Waals surface area contributed by atoms with Gasteiger partial charge >= 0.3 is 5.97 Å². The van der Waals surface area contributed by atoms with Crippen LogP contribution in [0.15, 0.2) is 5.38 Å². The van der Waals surface area contributed by atoms with E-state index in [1.165, 1.54) is 16.7 Å². The number of nitrogens with zero attached hydrogens (tertiary/aromatic N) is 2. The molecule has 2 heterocycles.